The molecule has 3 N–H and O–H groups in total. The zero-order chi connectivity index (χ0) is 24.4. The highest BCUT2D eigenvalue weighted by Gasteiger charge is 2.35. The highest BCUT2D eigenvalue weighted by Crippen LogP contribution is 2.40. The summed E-state index contributed by atoms with van der Waals surface area (Å²) in [6.45, 7) is 3.72. The van der Waals surface area contributed by atoms with Crippen LogP contribution in [0.1, 0.15) is 37.7 Å². The molecule has 2 aromatic rings. The van der Waals surface area contributed by atoms with Gasteiger partial charge in [-0.25, -0.2) is 0 Å². The second-order valence-electron chi connectivity index (χ2n) is 8.53. The zero-order valence-corrected chi connectivity index (χ0v) is 19.7. The molecule has 0 spiro atoms. The number of fused-ring (bicyclic) bond motifs is 1. The van der Waals surface area contributed by atoms with E-state index >= 15 is 0 Å². The summed E-state index contributed by atoms with van der Waals surface area (Å²) in [4.78, 5) is 47.9. The predicted octanol–water partition coefficient (Wildman–Crippen LogP) is 2.10. The van der Waals surface area contributed by atoms with E-state index in [4.69, 9.17) is 14.2 Å². The van der Waals surface area contributed by atoms with E-state index in [1.165, 1.54) is 21.3 Å². The lowest BCUT2D eigenvalue weighted by Crippen LogP contribution is -2.39. The summed E-state index contributed by atoms with van der Waals surface area (Å²) >= 11 is 0. The van der Waals surface area contributed by atoms with E-state index in [0.29, 0.717) is 34.8 Å². The standard InChI is InChI=1S/C23H29N5O6/c1-12-5-7-28(8-6-12)23-26-20-18(22(31)27-23)14(11-17(29)25-20)21(30)24-13-9-15(32-2)19(34-4)16(10-13)33-3/h9-10,12,14H,5-8,11H2,1-4H3,(H,24,30)(H2,25,26,27,29,31)/t14-/m0/s1. The quantitative estimate of drug-likeness (QED) is 0.583. The third-order valence-electron chi connectivity index (χ3n) is 6.27. The maximum Gasteiger partial charge on any atom is 0.258 e. The fourth-order valence-electron chi connectivity index (χ4n) is 4.34. The Hall–Kier alpha value is -3.76. The monoisotopic (exact) mass is 471 g/mol. The van der Waals surface area contributed by atoms with Crippen molar-refractivity contribution in [3.05, 3.63) is 28.0 Å². The van der Waals surface area contributed by atoms with Gasteiger partial charge in [0.25, 0.3) is 5.56 Å². The maximum absolute atomic E-state index is 13.2. The minimum Gasteiger partial charge on any atom is -0.493 e. The Morgan fingerprint density at radius 1 is 1.09 bits per heavy atom. The maximum atomic E-state index is 13.2. The van der Waals surface area contributed by atoms with Crippen LogP contribution in [0.4, 0.5) is 17.5 Å². The number of nitrogens with one attached hydrogen (secondary N) is 3. The summed E-state index contributed by atoms with van der Waals surface area (Å²) in [7, 11) is 4.42. The number of methoxy groups -OCH3 is 3. The largest absolute Gasteiger partial charge is 0.493 e. The van der Waals surface area contributed by atoms with Gasteiger partial charge in [0.2, 0.25) is 23.5 Å². The average Bonchev–Trinajstić information content (AvgIpc) is 2.82. The number of amides is 2. The molecule has 182 valence electrons. The number of benzene rings is 1. The van der Waals surface area contributed by atoms with Crippen molar-refractivity contribution in [1.82, 2.24) is 9.97 Å². The van der Waals surface area contributed by atoms with Gasteiger partial charge in [-0.2, -0.15) is 4.98 Å². The predicted molar refractivity (Wildman–Crippen MR) is 126 cm³/mol. The number of nitrogens with zero attached hydrogens (tertiary/aromatic N) is 2. The molecular weight excluding hydrogens is 442 g/mol. The molecule has 4 rings (SSSR count). The number of aromatic amines is 1. The number of carbonyl (C=O) groups excluding carboxylic acids is 2. The highest BCUT2D eigenvalue weighted by molar-refractivity contribution is 6.04. The number of hydrogen-bond donors (Lipinski definition) is 3. The number of carbonyl (C=O) groups is 2. The summed E-state index contributed by atoms with van der Waals surface area (Å²) in [6.07, 6.45) is 1.81. The van der Waals surface area contributed by atoms with Gasteiger partial charge in [0.1, 0.15) is 5.82 Å². The Kier molecular flexibility index (Phi) is 6.62. The molecule has 2 aliphatic heterocycles. The van der Waals surface area contributed by atoms with Crippen molar-refractivity contribution >= 4 is 29.3 Å². The van der Waals surface area contributed by atoms with Crippen LogP contribution in [0.2, 0.25) is 0 Å². The summed E-state index contributed by atoms with van der Waals surface area (Å²) in [5.41, 5.74) is 0.0674. The Morgan fingerprint density at radius 3 is 2.32 bits per heavy atom. The van der Waals surface area contributed by atoms with Gasteiger partial charge < -0.3 is 29.7 Å². The summed E-state index contributed by atoms with van der Waals surface area (Å²) in [5, 5.41) is 5.41. The third kappa shape index (κ3) is 4.50. The molecule has 1 aromatic carbocycles. The van der Waals surface area contributed by atoms with Crippen LogP contribution in [-0.4, -0.2) is 56.2 Å². The van der Waals surface area contributed by atoms with Gasteiger partial charge >= 0.3 is 0 Å². The van der Waals surface area contributed by atoms with Crippen LogP contribution in [0.5, 0.6) is 17.2 Å². The van der Waals surface area contributed by atoms with Crippen molar-refractivity contribution in [2.24, 2.45) is 5.92 Å². The number of H-pyrrole nitrogens is 1. The molecule has 0 unspecified atom stereocenters. The summed E-state index contributed by atoms with van der Waals surface area (Å²) in [5.74, 6) is 0.341. The van der Waals surface area contributed by atoms with Crippen LogP contribution in [0, 0.1) is 5.92 Å². The van der Waals surface area contributed by atoms with E-state index in [9.17, 15) is 14.4 Å². The van der Waals surface area contributed by atoms with Crippen LogP contribution in [-0.2, 0) is 9.59 Å². The van der Waals surface area contributed by atoms with Crippen molar-refractivity contribution in [3.8, 4) is 17.2 Å². The van der Waals surface area contributed by atoms with Gasteiger partial charge in [0, 0.05) is 37.3 Å². The minimum atomic E-state index is -1.01. The molecule has 1 fully saturated rings. The average molecular weight is 472 g/mol. The highest BCUT2D eigenvalue weighted by atomic mass is 16.5. The fraction of sp³-hybridized carbons (Fsp3) is 0.478. The van der Waals surface area contributed by atoms with Gasteiger partial charge in [-0.15, -0.1) is 0 Å². The Balaban J connectivity index is 1.63. The van der Waals surface area contributed by atoms with Crippen LogP contribution >= 0.6 is 0 Å². The molecule has 34 heavy (non-hydrogen) atoms. The van der Waals surface area contributed by atoms with Crippen LogP contribution in [0.25, 0.3) is 0 Å². The van der Waals surface area contributed by atoms with E-state index in [1.807, 2.05) is 4.90 Å². The smallest absolute Gasteiger partial charge is 0.258 e. The Bertz CT molecular complexity index is 1130. The van der Waals surface area contributed by atoms with E-state index in [2.05, 4.69) is 27.5 Å². The second kappa shape index (κ2) is 9.62. The molecule has 0 radical (unpaired) electrons. The first-order valence-corrected chi connectivity index (χ1v) is 11.1. The van der Waals surface area contributed by atoms with Crippen LogP contribution < -0.4 is 35.3 Å². The molecule has 2 aliphatic rings. The lowest BCUT2D eigenvalue weighted by molar-refractivity contribution is -0.123. The molecule has 1 atom stereocenters. The minimum absolute atomic E-state index is 0.124. The number of piperidine rings is 1. The second-order valence-corrected chi connectivity index (χ2v) is 8.53. The van der Waals surface area contributed by atoms with E-state index in [-0.39, 0.29) is 23.7 Å². The number of rotatable bonds is 6. The lowest BCUT2D eigenvalue weighted by atomic mass is 9.92. The first kappa shape index (κ1) is 23.4. The molecule has 3 heterocycles. The van der Waals surface area contributed by atoms with Crippen molar-refractivity contribution in [2.45, 2.75) is 32.1 Å². The molecule has 0 bridgehead atoms. The molecule has 1 saturated heterocycles. The summed E-state index contributed by atoms with van der Waals surface area (Å²) < 4.78 is 16.0. The fourth-order valence-corrected chi connectivity index (χ4v) is 4.34. The third-order valence-corrected chi connectivity index (χ3v) is 6.27. The van der Waals surface area contributed by atoms with E-state index in [0.717, 1.165) is 25.9 Å². The van der Waals surface area contributed by atoms with Crippen molar-refractivity contribution < 1.29 is 23.8 Å². The van der Waals surface area contributed by atoms with Gasteiger partial charge in [-0.3, -0.25) is 19.4 Å². The van der Waals surface area contributed by atoms with Gasteiger partial charge in [-0.1, -0.05) is 6.92 Å². The van der Waals surface area contributed by atoms with Gasteiger partial charge in [0.15, 0.2) is 11.5 Å². The molecule has 0 aliphatic carbocycles. The normalized spacial score (nSPS) is 18.1. The lowest BCUT2D eigenvalue weighted by Gasteiger charge is -2.31. The van der Waals surface area contributed by atoms with Gasteiger partial charge in [0.05, 0.1) is 32.8 Å². The van der Waals surface area contributed by atoms with E-state index in [1.54, 1.807) is 12.1 Å². The first-order valence-electron chi connectivity index (χ1n) is 11.1. The topological polar surface area (TPSA) is 135 Å². The molecule has 2 amide bonds. The Labute approximate surface area is 196 Å². The van der Waals surface area contributed by atoms with Crippen LogP contribution in [0.15, 0.2) is 16.9 Å². The SMILES string of the molecule is COc1cc(NC(=O)[C@H]2CC(=O)Nc3nc(N4CCC(C)CC4)[nH]c(=O)c32)cc(OC)c1OC. The number of ether oxygens (including phenoxy) is 3. The van der Waals surface area contributed by atoms with Gasteiger partial charge in [-0.05, 0) is 18.8 Å². The van der Waals surface area contributed by atoms with E-state index < -0.39 is 17.4 Å². The molecule has 0 saturated carbocycles. The van der Waals surface area contributed by atoms with Crippen molar-refractivity contribution in [2.75, 3.05) is 50.0 Å². The Morgan fingerprint density at radius 2 is 1.74 bits per heavy atom. The van der Waals surface area contributed by atoms with Crippen LogP contribution in [0.3, 0.4) is 0 Å². The zero-order valence-electron chi connectivity index (χ0n) is 19.7. The number of anilines is 3. The number of aromatic nitrogens is 2. The molecule has 1 aromatic heterocycles. The number of hydrogen-bond acceptors (Lipinski definition) is 8. The summed E-state index contributed by atoms with van der Waals surface area (Å²) in [6, 6.07) is 3.15. The van der Waals surface area contributed by atoms with Crippen molar-refractivity contribution in [3.63, 3.8) is 0 Å². The molecular formula is C23H29N5O6. The molecule has 11 heteroatoms. The first-order chi connectivity index (χ1) is 16.3. The molecule has 11 nitrogen and oxygen atoms in total. The van der Waals surface area contributed by atoms with Crippen molar-refractivity contribution in [1.29, 1.82) is 0 Å².